The van der Waals surface area contributed by atoms with E-state index in [-0.39, 0.29) is 6.04 Å². The lowest BCUT2D eigenvalue weighted by Crippen LogP contribution is -2.32. The lowest BCUT2D eigenvalue weighted by Gasteiger charge is -2.26. The van der Waals surface area contributed by atoms with Crippen LogP contribution in [0.15, 0.2) is 48.7 Å². The molecule has 24 heavy (non-hydrogen) atoms. The zero-order chi connectivity index (χ0) is 16.4. The Kier molecular flexibility index (Phi) is 3.67. The molecule has 4 rings (SSSR count). The molecule has 0 radical (unpaired) electrons. The summed E-state index contributed by atoms with van der Waals surface area (Å²) in [5.41, 5.74) is 1.63. The minimum atomic E-state index is 0.193. The molecule has 0 bridgehead atoms. The van der Waals surface area contributed by atoms with Gasteiger partial charge in [-0.3, -0.25) is 0 Å². The van der Waals surface area contributed by atoms with E-state index in [2.05, 4.69) is 31.1 Å². The number of nitrogens with zero attached hydrogens (tertiary/aromatic N) is 5. The number of hydrogen-bond donors (Lipinski definition) is 1. The highest BCUT2D eigenvalue weighted by molar-refractivity contribution is 5.55. The fourth-order valence-electron chi connectivity index (χ4n) is 3.05. The van der Waals surface area contributed by atoms with E-state index in [9.17, 15) is 5.26 Å². The van der Waals surface area contributed by atoms with Crippen LogP contribution >= 0.6 is 0 Å². The molecule has 1 aliphatic rings. The van der Waals surface area contributed by atoms with Gasteiger partial charge in [-0.25, -0.2) is 4.98 Å². The third-order valence-electron chi connectivity index (χ3n) is 4.25. The second-order valence-corrected chi connectivity index (χ2v) is 5.81. The summed E-state index contributed by atoms with van der Waals surface area (Å²) in [6.45, 7) is 0.758. The van der Waals surface area contributed by atoms with Crippen molar-refractivity contribution in [2.45, 2.75) is 25.4 Å². The number of nitrogens with one attached hydrogen (secondary N) is 1. The molecule has 1 aromatic carbocycles. The molecule has 0 amide bonds. The normalized spacial score (nSPS) is 16.2. The predicted molar refractivity (Wildman–Crippen MR) is 90.1 cm³/mol. The van der Waals surface area contributed by atoms with Crippen LogP contribution in [-0.4, -0.2) is 25.8 Å². The van der Waals surface area contributed by atoms with Gasteiger partial charge in [0, 0.05) is 30.8 Å². The number of aryl methyl sites for hydroxylation is 1. The summed E-state index contributed by atoms with van der Waals surface area (Å²) in [4.78, 5) is 4.29. The van der Waals surface area contributed by atoms with E-state index < -0.39 is 0 Å². The highest BCUT2D eigenvalue weighted by Gasteiger charge is 2.24. The van der Waals surface area contributed by atoms with Crippen molar-refractivity contribution < 1.29 is 0 Å². The zero-order valence-electron chi connectivity index (χ0n) is 13.1. The van der Waals surface area contributed by atoms with Crippen molar-refractivity contribution in [1.29, 1.82) is 5.26 Å². The molecule has 0 spiro atoms. The van der Waals surface area contributed by atoms with Crippen LogP contribution in [0.4, 0.5) is 5.82 Å². The molecule has 0 aliphatic carbocycles. The van der Waals surface area contributed by atoms with Crippen molar-refractivity contribution >= 4 is 5.82 Å². The number of nitriles is 1. The maximum Gasteiger partial charge on any atom is 0.164 e. The van der Waals surface area contributed by atoms with Crippen LogP contribution in [0.3, 0.4) is 0 Å². The van der Waals surface area contributed by atoms with E-state index in [1.165, 1.54) is 0 Å². The lowest BCUT2D eigenvalue weighted by molar-refractivity contribution is 0.478. The van der Waals surface area contributed by atoms with E-state index in [1.54, 1.807) is 18.3 Å². The Hall–Kier alpha value is -3.20. The molecule has 0 fully saturated rings. The van der Waals surface area contributed by atoms with Gasteiger partial charge in [-0.2, -0.15) is 5.26 Å². The molecule has 6 nitrogen and oxygen atoms in total. The second-order valence-electron chi connectivity index (χ2n) is 5.81. The number of aromatic nitrogens is 4. The molecule has 3 heterocycles. The third kappa shape index (κ3) is 2.61. The maximum atomic E-state index is 9.21. The minimum absolute atomic E-state index is 0.193. The van der Waals surface area contributed by atoms with Crippen LogP contribution in [-0.2, 0) is 13.0 Å². The van der Waals surface area contributed by atoms with Gasteiger partial charge in [0.15, 0.2) is 5.82 Å². The SMILES string of the molecule is N#Cc1cccnc1N[C@H]1CCc2nnc(-c3ccccc3)n2C1. The molecular formula is C18H16N6. The number of anilines is 1. The van der Waals surface area contributed by atoms with E-state index >= 15 is 0 Å². The van der Waals surface area contributed by atoms with Crippen molar-refractivity contribution in [2.24, 2.45) is 0 Å². The van der Waals surface area contributed by atoms with E-state index in [1.807, 2.05) is 30.3 Å². The number of hydrogen-bond acceptors (Lipinski definition) is 5. The molecule has 2 aromatic heterocycles. The van der Waals surface area contributed by atoms with Crippen molar-refractivity contribution in [1.82, 2.24) is 19.7 Å². The Labute approximate surface area is 139 Å². The van der Waals surface area contributed by atoms with Crippen molar-refractivity contribution in [3.8, 4) is 17.5 Å². The Morgan fingerprint density at radius 3 is 2.83 bits per heavy atom. The van der Waals surface area contributed by atoms with Crippen molar-refractivity contribution in [2.75, 3.05) is 5.32 Å². The predicted octanol–water partition coefficient (Wildman–Crippen LogP) is 2.64. The largest absolute Gasteiger partial charge is 0.364 e. The molecule has 1 aliphatic heterocycles. The third-order valence-corrected chi connectivity index (χ3v) is 4.25. The molecular weight excluding hydrogens is 300 g/mol. The smallest absolute Gasteiger partial charge is 0.164 e. The number of pyridine rings is 1. The van der Waals surface area contributed by atoms with Crippen LogP contribution < -0.4 is 5.32 Å². The first kappa shape index (κ1) is 14.4. The van der Waals surface area contributed by atoms with Gasteiger partial charge in [-0.05, 0) is 18.6 Å². The molecule has 6 heteroatoms. The first-order chi connectivity index (χ1) is 11.8. The molecule has 3 aromatic rings. The van der Waals surface area contributed by atoms with Crippen LogP contribution in [0.2, 0.25) is 0 Å². The van der Waals surface area contributed by atoms with Gasteiger partial charge in [-0.1, -0.05) is 30.3 Å². The summed E-state index contributed by atoms with van der Waals surface area (Å²) in [6, 6.07) is 16.0. The fourth-order valence-corrected chi connectivity index (χ4v) is 3.05. The molecule has 1 N–H and O–H groups in total. The zero-order valence-corrected chi connectivity index (χ0v) is 13.1. The fraction of sp³-hybridized carbons (Fsp3) is 0.222. The first-order valence-corrected chi connectivity index (χ1v) is 7.94. The number of fused-ring (bicyclic) bond motifs is 1. The number of benzene rings is 1. The van der Waals surface area contributed by atoms with E-state index in [4.69, 9.17) is 0 Å². The van der Waals surface area contributed by atoms with Crippen molar-refractivity contribution in [3.63, 3.8) is 0 Å². The average molecular weight is 316 g/mol. The van der Waals surface area contributed by atoms with Gasteiger partial charge >= 0.3 is 0 Å². The molecule has 0 saturated carbocycles. The van der Waals surface area contributed by atoms with Crippen LogP contribution in [0.1, 0.15) is 17.8 Å². The topological polar surface area (TPSA) is 79.4 Å². The van der Waals surface area contributed by atoms with Crippen LogP contribution in [0, 0.1) is 11.3 Å². The summed E-state index contributed by atoms with van der Waals surface area (Å²) in [6.07, 6.45) is 3.49. The highest BCUT2D eigenvalue weighted by Crippen LogP contribution is 2.24. The quantitative estimate of drug-likeness (QED) is 0.803. The van der Waals surface area contributed by atoms with Gasteiger partial charge in [0.2, 0.25) is 0 Å². The summed E-state index contributed by atoms with van der Waals surface area (Å²) in [5, 5.41) is 21.3. The summed E-state index contributed by atoms with van der Waals surface area (Å²) < 4.78 is 2.16. The lowest BCUT2D eigenvalue weighted by atomic mass is 10.1. The van der Waals surface area contributed by atoms with E-state index in [0.717, 1.165) is 36.6 Å². The Bertz CT molecular complexity index is 893. The Morgan fingerprint density at radius 1 is 1.12 bits per heavy atom. The molecule has 0 saturated heterocycles. The summed E-state index contributed by atoms with van der Waals surface area (Å²) in [7, 11) is 0. The standard InChI is InChI=1S/C18H16N6/c19-11-14-7-4-10-20-17(14)21-15-8-9-16-22-23-18(24(16)12-15)13-5-2-1-3-6-13/h1-7,10,15H,8-9,12H2,(H,20,21)/t15-/m0/s1. The molecule has 1 atom stereocenters. The minimum Gasteiger partial charge on any atom is -0.364 e. The van der Waals surface area contributed by atoms with Gasteiger partial charge in [0.05, 0.1) is 5.56 Å². The number of rotatable bonds is 3. The van der Waals surface area contributed by atoms with Crippen LogP contribution in [0.5, 0.6) is 0 Å². The second kappa shape index (κ2) is 6.13. The first-order valence-electron chi connectivity index (χ1n) is 7.94. The Morgan fingerprint density at radius 2 is 2.00 bits per heavy atom. The maximum absolute atomic E-state index is 9.21. The highest BCUT2D eigenvalue weighted by atomic mass is 15.3. The average Bonchev–Trinajstić information content (AvgIpc) is 3.06. The summed E-state index contributed by atoms with van der Waals surface area (Å²) in [5.74, 6) is 2.54. The summed E-state index contributed by atoms with van der Waals surface area (Å²) >= 11 is 0. The molecule has 118 valence electrons. The van der Waals surface area contributed by atoms with Gasteiger partial charge in [0.25, 0.3) is 0 Å². The monoisotopic (exact) mass is 316 g/mol. The van der Waals surface area contributed by atoms with Gasteiger partial charge < -0.3 is 9.88 Å². The Balaban J connectivity index is 1.60. The van der Waals surface area contributed by atoms with Crippen molar-refractivity contribution in [3.05, 3.63) is 60.0 Å². The molecule has 0 unspecified atom stereocenters. The van der Waals surface area contributed by atoms with Gasteiger partial charge in [-0.15, -0.1) is 10.2 Å². The van der Waals surface area contributed by atoms with Crippen LogP contribution in [0.25, 0.3) is 11.4 Å². The van der Waals surface area contributed by atoms with Gasteiger partial charge in [0.1, 0.15) is 17.7 Å². The van der Waals surface area contributed by atoms with E-state index in [0.29, 0.717) is 11.4 Å².